The number of carbonyl (C=O) groups excluding carboxylic acids is 2. The minimum absolute atomic E-state index is 0.0261. The number of hydrogen-bond acceptors (Lipinski definition) is 5. The van der Waals surface area contributed by atoms with Gasteiger partial charge in [-0.1, -0.05) is 29.8 Å². The molecule has 0 bridgehead atoms. The Labute approximate surface area is 179 Å². The Morgan fingerprint density at radius 1 is 1.33 bits per heavy atom. The summed E-state index contributed by atoms with van der Waals surface area (Å²) in [4.78, 5) is 30.2. The quantitative estimate of drug-likeness (QED) is 0.605. The van der Waals surface area contributed by atoms with Gasteiger partial charge in [0.2, 0.25) is 0 Å². The smallest absolute Gasteiger partial charge is 0.307 e. The van der Waals surface area contributed by atoms with Gasteiger partial charge in [0.25, 0.3) is 5.91 Å². The highest BCUT2D eigenvalue weighted by Gasteiger charge is 2.29. The van der Waals surface area contributed by atoms with Gasteiger partial charge in [-0.05, 0) is 37.5 Å². The zero-order valence-electron chi connectivity index (χ0n) is 17.1. The van der Waals surface area contributed by atoms with Gasteiger partial charge in [-0.3, -0.25) is 14.3 Å². The molecule has 8 heteroatoms. The van der Waals surface area contributed by atoms with E-state index in [9.17, 15) is 9.59 Å². The number of aromatic nitrogens is 3. The zero-order chi connectivity index (χ0) is 21.4. The van der Waals surface area contributed by atoms with Crippen LogP contribution in [0.25, 0.3) is 11.0 Å². The zero-order valence-corrected chi connectivity index (χ0v) is 17.9. The molecule has 1 atom stereocenters. The highest BCUT2D eigenvalue weighted by Crippen LogP contribution is 2.40. The van der Waals surface area contributed by atoms with Gasteiger partial charge in [0.1, 0.15) is 0 Å². The SMILES string of the molecule is COC(=O)CC(NC(=O)c1cc(C2CC2)nc2c1c(C)nn2C)c1ccccc1Cl. The minimum atomic E-state index is -0.622. The molecule has 1 fully saturated rings. The van der Waals surface area contributed by atoms with Crippen LogP contribution < -0.4 is 5.32 Å². The average molecular weight is 427 g/mol. The molecule has 156 valence electrons. The highest BCUT2D eigenvalue weighted by molar-refractivity contribution is 6.31. The normalized spacial score (nSPS) is 14.5. The van der Waals surface area contributed by atoms with E-state index in [-0.39, 0.29) is 12.3 Å². The van der Waals surface area contributed by atoms with Crippen LogP contribution >= 0.6 is 11.6 Å². The summed E-state index contributed by atoms with van der Waals surface area (Å²) in [6, 6.07) is 8.38. The first kappa shape index (κ1) is 20.3. The lowest BCUT2D eigenvalue weighted by atomic mass is 10.0. The van der Waals surface area contributed by atoms with Crippen LogP contribution in [0, 0.1) is 6.92 Å². The monoisotopic (exact) mass is 426 g/mol. The summed E-state index contributed by atoms with van der Waals surface area (Å²) >= 11 is 6.35. The van der Waals surface area contributed by atoms with Gasteiger partial charge in [0.05, 0.1) is 36.2 Å². The molecule has 0 spiro atoms. The van der Waals surface area contributed by atoms with Crippen molar-refractivity contribution in [2.45, 2.75) is 38.1 Å². The molecule has 2 aromatic heterocycles. The van der Waals surface area contributed by atoms with Crippen LogP contribution in [0.4, 0.5) is 0 Å². The summed E-state index contributed by atoms with van der Waals surface area (Å²) in [5.74, 6) is -0.351. The van der Waals surface area contributed by atoms with Crippen molar-refractivity contribution in [3.63, 3.8) is 0 Å². The van der Waals surface area contributed by atoms with Gasteiger partial charge in [-0.15, -0.1) is 0 Å². The molecule has 2 heterocycles. The third-order valence-corrected chi connectivity index (χ3v) is 5.76. The van der Waals surface area contributed by atoms with Crippen LogP contribution in [0.15, 0.2) is 30.3 Å². The average Bonchev–Trinajstić information content (AvgIpc) is 3.53. The summed E-state index contributed by atoms with van der Waals surface area (Å²) in [5, 5.41) is 8.62. The number of aryl methyl sites for hydroxylation is 2. The van der Waals surface area contributed by atoms with Crippen LogP contribution in [0.1, 0.15) is 58.5 Å². The molecule has 1 N–H and O–H groups in total. The van der Waals surface area contributed by atoms with Gasteiger partial charge in [-0.2, -0.15) is 5.10 Å². The fourth-order valence-electron chi connectivity index (χ4n) is 3.71. The molecular formula is C22H23ClN4O3. The Morgan fingerprint density at radius 2 is 2.07 bits per heavy atom. The third kappa shape index (κ3) is 3.89. The Hall–Kier alpha value is -2.93. The molecule has 1 aromatic carbocycles. The van der Waals surface area contributed by atoms with Crippen molar-refractivity contribution < 1.29 is 14.3 Å². The van der Waals surface area contributed by atoms with Crippen LogP contribution in [0.2, 0.25) is 5.02 Å². The molecule has 0 radical (unpaired) electrons. The van der Waals surface area contributed by atoms with Crippen LogP contribution in [-0.4, -0.2) is 33.8 Å². The largest absolute Gasteiger partial charge is 0.469 e. The number of nitrogens with one attached hydrogen (secondary N) is 1. The number of hydrogen-bond donors (Lipinski definition) is 1. The summed E-state index contributed by atoms with van der Waals surface area (Å²) in [6.07, 6.45) is 2.11. The highest BCUT2D eigenvalue weighted by atomic mass is 35.5. The van der Waals surface area contributed by atoms with Gasteiger partial charge >= 0.3 is 5.97 Å². The summed E-state index contributed by atoms with van der Waals surface area (Å²) in [5.41, 5.74) is 3.49. The fourth-order valence-corrected chi connectivity index (χ4v) is 3.98. The standard InChI is InChI=1S/C22H23ClN4O3/c1-12-20-15(10-17(13-8-9-13)24-21(20)27(2)26-12)22(29)25-18(11-19(28)30-3)14-6-4-5-7-16(14)23/h4-7,10,13,18H,8-9,11H2,1-3H3,(H,25,29). The molecular weight excluding hydrogens is 404 g/mol. The maximum Gasteiger partial charge on any atom is 0.307 e. The number of pyridine rings is 1. The van der Waals surface area contributed by atoms with Crippen molar-refractivity contribution in [2.24, 2.45) is 7.05 Å². The summed E-state index contributed by atoms with van der Waals surface area (Å²) < 4.78 is 6.53. The van der Waals surface area contributed by atoms with Crippen LogP contribution in [0.5, 0.6) is 0 Å². The van der Waals surface area contributed by atoms with E-state index >= 15 is 0 Å². The Bertz CT molecular complexity index is 1140. The summed E-state index contributed by atoms with van der Waals surface area (Å²) in [7, 11) is 3.14. The van der Waals surface area contributed by atoms with Crippen molar-refractivity contribution in [3.8, 4) is 0 Å². The molecule has 0 aliphatic heterocycles. The second-order valence-electron chi connectivity index (χ2n) is 7.60. The molecule has 1 amide bonds. The number of ether oxygens (including phenoxy) is 1. The molecule has 30 heavy (non-hydrogen) atoms. The van der Waals surface area contributed by atoms with E-state index < -0.39 is 12.0 Å². The van der Waals surface area contributed by atoms with Crippen LogP contribution in [0.3, 0.4) is 0 Å². The van der Waals surface area contributed by atoms with Gasteiger partial charge in [-0.25, -0.2) is 4.98 Å². The lowest BCUT2D eigenvalue weighted by Crippen LogP contribution is -2.31. The number of nitrogens with zero attached hydrogens (tertiary/aromatic N) is 3. The molecule has 1 aliphatic rings. The number of methoxy groups -OCH3 is 1. The molecule has 3 aromatic rings. The van der Waals surface area contributed by atoms with Crippen molar-refractivity contribution in [2.75, 3.05) is 7.11 Å². The van der Waals surface area contributed by atoms with E-state index in [0.29, 0.717) is 27.7 Å². The molecule has 4 rings (SSSR count). The fraction of sp³-hybridized carbons (Fsp3) is 0.364. The predicted octanol–water partition coefficient (Wildman–Crippen LogP) is 3.84. The maximum absolute atomic E-state index is 13.4. The first-order valence-corrected chi connectivity index (χ1v) is 10.2. The molecule has 1 aliphatic carbocycles. The first-order valence-electron chi connectivity index (χ1n) is 9.85. The number of amides is 1. The van der Waals surface area contributed by atoms with E-state index in [1.165, 1.54) is 7.11 Å². The van der Waals surface area contributed by atoms with E-state index in [4.69, 9.17) is 21.3 Å². The van der Waals surface area contributed by atoms with Crippen molar-refractivity contribution in [1.82, 2.24) is 20.1 Å². The number of halogens is 1. The summed E-state index contributed by atoms with van der Waals surface area (Å²) in [6.45, 7) is 1.86. The number of carbonyl (C=O) groups is 2. The number of benzene rings is 1. The first-order chi connectivity index (χ1) is 14.4. The molecule has 0 saturated heterocycles. The Kier molecular flexibility index (Phi) is 5.47. The van der Waals surface area contributed by atoms with Gasteiger partial charge < -0.3 is 10.1 Å². The number of rotatable bonds is 6. The topological polar surface area (TPSA) is 86.1 Å². The number of esters is 1. The minimum Gasteiger partial charge on any atom is -0.469 e. The molecule has 7 nitrogen and oxygen atoms in total. The van der Waals surface area contributed by atoms with Crippen molar-refractivity contribution in [1.29, 1.82) is 0 Å². The predicted molar refractivity (Wildman–Crippen MR) is 114 cm³/mol. The second kappa shape index (κ2) is 8.07. The molecule has 1 unspecified atom stereocenters. The number of fused-ring (bicyclic) bond motifs is 1. The van der Waals surface area contributed by atoms with Crippen molar-refractivity contribution in [3.05, 3.63) is 57.9 Å². The maximum atomic E-state index is 13.4. The van der Waals surface area contributed by atoms with Crippen molar-refractivity contribution >= 4 is 34.5 Å². The molecule has 1 saturated carbocycles. The van der Waals surface area contributed by atoms with Gasteiger partial charge in [0, 0.05) is 23.7 Å². The van der Waals surface area contributed by atoms with E-state index in [1.54, 1.807) is 22.9 Å². The lowest BCUT2D eigenvalue weighted by Gasteiger charge is -2.20. The van der Waals surface area contributed by atoms with E-state index in [0.717, 1.165) is 29.6 Å². The lowest BCUT2D eigenvalue weighted by molar-refractivity contribution is -0.141. The van der Waals surface area contributed by atoms with E-state index in [2.05, 4.69) is 10.4 Å². The van der Waals surface area contributed by atoms with Crippen LogP contribution in [-0.2, 0) is 16.6 Å². The van der Waals surface area contributed by atoms with E-state index in [1.807, 2.05) is 26.1 Å². The Morgan fingerprint density at radius 3 is 2.73 bits per heavy atom. The third-order valence-electron chi connectivity index (χ3n) is 5.41. The second-order valence-corrected chi connectivity index (χ2v) is 8.01. The van der Waals surface area contributed by atoms with Gasteiger partial charge in [0.15, 0.2) is 5.65 Å². The Balaban J connectivity index is 1.74.